The summed E-state index contributed by atoms with van der Waals surface area (Å²) in [5.74, 6) is 1.73. The van der Waals surface area contributed by atoms with Gasteiger partial charge in [-0.3, -0.25) is 9.48 Å². The van der Waals surface area contributed by atoms with Gasteiger partial charge in [-0.2, -0.15) is 5.10 Å². The van der Waals surface area contributed by atoms with E-state index >= 15 is 0 Å². The van der Waals surface area contributed by atoms with Crippen LogP contribution in [0.5, 0.6) is 0 Å². The van der Waals surface area contributed by atoms with Crippen LogP contribution in [0.1, 0.15) is 48.8 Å². The SMILES string of the molecule is Cc1cc([C@H](C)C(=O)N2CCC[C@@H](n3cccn3)C2)c(C)o1. The zero-order chi connectivity index (χ0) is 15.7. The normalized spacial score (nSPS) is 20.1. The van der Waals surface area contributed by atoms with E-state index < -0.39 is 0 Å². The topological polar surface area (TPSA) is 51.3 Å². The van der Waals surface area contributed by atoms with E-state index in [1.807, 2.05) is 48.7 Å². The Morgan fingerprint density at radius 2 is 2.27 bits per heavy atom. The first-order valence-electron chi connectivity index (χ1n) is 7.91. The number of carbonyl (C=O) groups is 1. The minimum absolute atomic E-state index is 0.158. The van der Waals surface area contributed by atoms with Crippen LogP contribution in [0.25, 0.3) is 0 Å². The third-order valence-corrected chi connectivity index (χ3v) is 4.52. The smallest absolute Gasteiger partial charge is 0.230 e. The Bertz CT molecular complexity index is 645. The Balaban J connectivity index is 1.72. The summed E-state index contributed by atoms with van der Waals surface area (Å²) in [6, 6.07) is 4.19. The molecule has 1 saturated heterocycles. The van der Waals surface area contributed by atoms with Crippen molar-refractivity contribution in [1.29, 1.82) is 0 Å². The van der Waals surface area contributed by atoms with Crippen LogP contribution in [0, 0.1) is 13.8 Å². The van der Waals surface area contributed by atoms with Crippen LogP contribution in [0.2, 0.25) is 0 Å². The van der Waals surface area contributed by atoms with Crippen molar-refractivity contribution < 1.29 is 9.21 Å². The van der Waals surface area contributed by atoms with Crippen LogP contribution in [0.3, 0.4) is 0 Å². The molecule has 0 bridgehead atoms. The fourth-order valence-electron chi connectivity index (χ4n) is 3.35. The Morgan fingerprint density at radius 3 is 2.91 bits per heavy atom. The second-order valence-corrected chi connectivity index (χ2v) is 6.16. The van der Waals surface area contributed by atoms with Crippen molar-refractivity contribution >= 4 is 5.91 Å². The lowest BCUT2D eigenvalue weighted by molar-refractivity contribution is -0.134. The Hall–Kier alpha value is -2.04. The summed E-state index contributed by atoms with van der Waals surface area (Å²) < 4.78 is 7.54. The molecule has 2 aromatic rings. The second-order valence-electron chi connectivity index (χ2n) is 6.16. The molecule has 1 amide bonds. The highest BCUT2D eigenvalue weighted by Crippen LogP contribution is 2.28. The van der Waals surface area contributed by atoms with Crippen LogP contribution in [0.15, 0.2) is 28.9 Å². The molecule has 1 fully saturated rings. The van der Waals surface area contributed by atoms with Gasteiger partial charge in [0.25, 0.3) is 0 Å². The molecule has 5 heteroatoms. The van der Waals surface area contributed by atoms with Gasteiger partial charge in [-0.25, -0.2) is 0 Å². The summed E-state index contributed by atoms with van der Waals surface area (Å²) in [5.41, 5.74) is 1.00. The van der Waals surface area contributed by atoms with E-state index in [9.17, 15) is 4.79 Å². The highest BCUT2D eigenvalue weighted by Gasteiger charge is 2.29. The van der Waals surface area contributed by atoms with Crippen LogP contribution in [-0.4, -0.2) is 33.7 Å². The van der Waals surface area contributed by atoms with Crippen molar-refractivity contribution in [1.82, 2.24) is 14.7 Å². The van der Waals surface area contributed by atoms with E-state index in [-0.39, 0.29) is 17.9 Å². The number of amides is 1. The van der Waals surface area contributed by atoms with Gasteiger partial charge >= 0.3 is 0 Å². The zero-order valence-corrected chi connectivity index (χ0v) is 13.5. The molecule has 0 spiro atoms. The van der Waals surface area contributed by atoms with Gasteiger partial charge in [0.15, 0.2) is 0 Å². The molecule has 0 aromatic carbocycles. The fourth-order valence-corrected chi connectivity index (χ4v) is 3.35. The van der Waals surface area contributed by atoms with Gasteiger partial charge < -0.3 is 9.32 Å². The summed E-state index contributed by atoms with van der Waals surface area (Å²) in [4.78, 5) is 14.8. The molecule has 0 N–H and O–H groups in total. The molecule has 0 aliphatic carbocycles. The van der Waals surface area contributed by atoms with Crippen LogP contribution in [0.4, 0.5) is 0 Å². The average Bonchev–Trinajstić information content (AvgIpc) is 3.15. The van der Waals surface area contributed by atoms with E-state index in [4.69, 9.17) is 4.42 Å². The fraction of sp³-hybridized carbons (Fsp3) is 0.529. The first-order chi connectivity index (χ1) is 10.6. The van der Waals surface area contributed by atoms with Crippen molar-refractivity contribution in [2.45, 2.75) is 45.6 Å². The van der Waals surface area contributed by atoms with Crippen molar-refractivity contribution in [2.24, 2.45) is 0 Å². The van der Waals surface area contributed by atoms with Gasteiger partial charge in [0, 0.05) is 31.0 Å². The maximum atomic E-state index is 12.8. The van der Waals surface area contributed by atoms with Gasteiger partial charge in [-0.1, -0.05) is 0 Å². The van der Waals surface area contributed by atoms with Crippen LogP contribution in [-0.2, 0) is 4.79 Å². The largest absolute Gasteiger partial charge is 0.466 e. The number of aryl methyl sites for hydroxylation is 2. The minimum atomic E-state index is -0.158. The summed E-state index contributed by atoms with van der Waals surface area (Å²) in [7, 11) is 0. The molecule has 1 aliphatic heterocycles. The quantitative estimate of drug-likeness (QED) is 0.875. The molecule has 3 heterocycles. The van der Waals surface area contributed by atoms with Crippen molar-refractivity contribution in [3.63, 3.8) is 0 Å². The highest BCUT2D eigenvalue weighted by molar-refractivity contribution is 5.83. The standard InChI is InChI=1S/C17H23N3O2/c1-12-10-16(14(3)22-12)13(2)17(21)19-8-4-6-15(11-19)20-9-5-7-18-20/h5,7,9-10,13,15H,4,6,8,11H2,1-3H3/t13-,15+/m0/s1. The molecular weight excluding hydrogens is 278 g/mol. The predicted molar refractivity (Wildman–Crippen MR) is 83.7 cm³/mol. The molecule has 0 saturated carbocycles. The Kier molecular flexibility index (Phi) is 4.05. The van der Waals surface area contributed by atoms with Gasteiger partial charge in [0.05, 0.1) is 12.0 Å². The summed E-state index contributed by atoms with van der Waals surface area (Å²) in [5, 5.41) is 4.32. The maximum Gasteiger partial charge on any atom is 0.230 e. The van der Waals surface area contributed by atoms with Gasteiger partial charge in [-0.15, -0.1) is 0 Å². The average molecular weight is 301 g/mol. The Morgan fingerprint density at radius 1 is 1.45 bits per heavy atom. The number of carbonyl (C=O) groups excluding carboxylic acids is 1. The highest BCUT2D eigenvalue weighted by atomic mass is 16.3. The maximum absolute atomic E-state index is 12.8. The lowest BCUT2D eigenvalue weighted by Crippen LogP contribution is -2.42. The molecule has 2 aromatic heterocycles. The molecule has 3 rings (SSSR count). The van der Waals surface area contributed by atoms with E-state index in [1.54, 1.807) is 6.20 Å². The number of aromatic nitrogens is 2. The Labute approximate surface area is 130 Å². The summed E-state index contributed by atoms with van der Waals surface area (Å²) in [6.07, 6.45) is 5.86. The molecule has 22 heavy (non-hydrogen) atoms. The summed E-state index contributed by atoms with van der Waals surface area (Å²) in [6.45, 7) is 7.38. The minimum Gasteiger partial charge on any atom is -0.466 e. The number of hydrogen-bond acceptors (Lipinski definition) is 3. The first kappa shape index (κ1) is 14.9. The van der Waals surface area contributed by atoms with Gasteiger partial charge in [0.1, 0.15) is 11.5 Å². The third-order valence-electron chi connectivity index (χ3n) is 4.52. The number of furan rings is 1. The molecular formula is C17H23N3O2. The molecule has 118 valence electrons. The summed E-state index contributed by atoms with van der Waals surface area (Å²) >= 11 is 0. The van der Waals surface area contributed by atoms with Crippen LogP contribution < -0.4 is 0 Å². The monoisotopic (exact) mass is 301 g/mol. The second kappa shape index (κ2) is 5.99. The van der Waals surface area contributed by atoms with Crippen molar-refractivity contribution in [2.75, 3.05) is 13.1 Å². The van der Waals surface area contributed by atoms with Crippen molar-refractivity contribution in [3.05, 3.63) is 41.6 Å². The molecule has 0 unspecified atom stereocenters. The molecule has 5 nitrogen and oxygen atoms in total. The zero-order valence-electron chi connectivity index (χ0n) is 13.5. The molecule has 0 radical (unpaired) electrons. The van der Waals surface area contributed by atoms with E-state index in [2.05, 4.69) is 5.10 Å². The number of likely N-dealkylation sites (tertiary alicyclic amines) is 1. The van der Waals surface area contributed by atoms with Gasteiger partial charge in [-0.05, 0) is 45.7 Å². The molecule has 1 aliphatic rings. The van der Waals surface area contributed by atoms with E-state index in [0.717, 1.165) is 43.0 Å². The predicted octanol–water partition coefficient (Wildman–Crippen LogP) is 3.06. The van der Waals surface area contributed by atoms with E-state index in [1.165, 1.54) is 0 Å². The number of hydrogen-bond donors (Lipinski definition) is 0. The van der Waals surface area contributed by atoms with Crippen molar-refractivity contribution in [3.8, 4) is 0 Å². The number of piperidine rings is 1. The molecule has 2 atom stereocenters. The van der Waals surface area contributed by atoms with Gasteiger partial charge in [0.2, 0.25) is 5.91 Å². The number of rotatable bonds is 3. The van der Waals surface area contributed by atoms with E-state index in [0.29, 0.717) is 0 Å². The third kappa shape index (κ3) is 2.80. The first-order valence-corrected chi connectivity index (χ1v) is 7.91. The number of nitrogens with zero attached hydrogens (tertiary/aromatic N) is 3. The lowest BCUT2D eigenvalue weighted by atomic mass is 9.97. The lowest BCUT2D eigenvalue weighted by Gasteiger charge is -2.34. The van der Waals surface area contributed by atoms with Crippen LogP contribution >= 0.6 is 0 Å².